The second-order valence-corrected chi connectivity index (χ2v) is 7.30. The van der Waals surface area contributed by atoms with Crippen molar-refractivity contribution in [2.24, 2.45) is 7.05 Å². The molecule has 0 aliphatic heterocycles. The first-order valence-electron chi connectivity index (χ1n) is 9.67. The van der Waals surface area contributed by atoms with E-state index < -0.39 is 0 Å². The SMILES string of the molecule is Cc1ccn(NCc2cnn(C)c2C)c(=O)c1CC(=O)NCc1ccc(N)nc1C. The molecule has 1 amide bonds. The zero-order chi connectivity index (χ0) is 21.8. The van der Waals surface area contributed by atoms with Crippen LogP contribution in [0.15, 0.2) is 35.4 Å². The summed E-state index contributed by atoms with van der Waals surface area (Å²) in [5, 5.41) is 7.05. The fraction of sp³-hybridized carbons (Fsp3) is 0.333. The van der Waals surface area contributed by atoms with Crippen LogP contribution < -0.4 is 22.0 Å². The molecule has 0 saturated heterocycles. The number of pyridine rings is 2. The largest absolute Gasteiger partial charge is 0.384 e. The average Bonchev–Trinajstić information content (AvgIpc) is 3.02. The lowest BCUT2D eigenvalue weighted by Gasteiger charge is -2.13. The van der Waals surface area contributed by atoms with Crippen molar-refractivity contribution < 1.29 is 4.79 Å². The maximum absolute atomic E-state index is 12.9. The molecule has 3 heterocycles. The minimum absolute atomic E-state index is 0.000551. The maximum Gasteiger partial charge on any atom is 0.272 e. The Balaban J connectivity index is 1.67. The molecule has 158 valence electrons. The third kappa shape index (κ3) is 4.68. The van der Waals surface area contributed by atoms with Crippen LogP contribution in [0.25, 0.3) is 0 Å². The van der Waals surface area contributed by atoms with Crippen LogP contribution in [-0.4, -0.2) is 25.3 Å². The molecule has 9 heteroatoms. The quantitative estimate of drug-likeness (QED) is 0.537. The number of carbonyl (C=O) groups excluding carboxylic acids is 1. The Labute approximate surface area is 174 Å². The summed E-state index contributed by atoms with van der Waals surface area (Å²) < 4.78 is 3.19. The van der Waals surface area contributed by atoms with E-state index in [0.717, 1.165) is 28.1 Å². The van der Waals surface area contributed by atoms with Crippen LogP contribution >= 0.6 is 0 Å². The van der Waals surface area contributed by atoms with Gasteiger partial charge in [0.2, 0.25) is 5.91 Å². The van der Waals surface area contributed by atoms with E-state index in [1.54, 1.807) is 23.1 Å². The van der Waals surface area contributed by atoms with E-state index in [9.17, 15) is 9.59 Å². The first kappa shape index (κ1) is 21.1. The highest BCUT2D eigenvalue weighted by Crippen LogP contribution is 2.09. The maximum atomic E-state index is 12.9. The molecular weight excluding hydrogens is 382 g/mol. The highest BCUT2D eigenvalue weighted by atomic mass is 16.2. The zero-order valence-electron chi connectivity index (χ0n) is 17.7. The lowest BCUT2D eigenvalue weighted by Crippen LogP contribution is -2.34. The number of nitrogens with two attached hydrogens (primary N) is 1. The van der Waals surface area contributed by atoms with E-state index in [1.807, 2.05) is 40.0 Å². The van der Waals surface area contributed by atoms with Gasteiger partial charge in [-0.2, -0.15) is 5.10 Å². The molecule has 0 saturated carbocycles. The van der Waals surface area contributed by atoms with Crippen molar-refractivity contribution in [3.63, 3.8) is 0 Å². The van der Waals surface area contributed by atoms with Gasteiger partial charge < -0.3 is 16.5 Å². The van der Waals surface area contributed by atoms with Crippen LogP contribution in [0.2, 0.25) is 0 Å². The fourth-order valence-corrected chi connectivity index (χ4v) is 3.11. The molecular formula is C21H27N7O2. The Bertz CT molecular complexity index is 1130. The topological polar surface area (TPSA) is 120 Å². The predicted molar refractivity (Wildman–Crippen MR) is 115 cm³/mol. The summed E-state index contributed by atoms with van der Waals surface area (Å²) in [5.41, 5.74) is 13.4. The van der Waals surface area contributed by atoms with Crippen LogP contribution in [0.5, 0.6) is 0 Å². The van der Waals surface area contributed by atoms with Crippen molar-refractivity contribution in [2.75, 3.05) is 11.2 Å². The van der Waals surface area contributed by atoms with Gasteiger partial charge in [-0.1, -0.05) is 6.07 Å². The van der Waals surface area contributed by atoms with Gasteiger partial charge in [-0.15, -0.1) is 0 Å². The van der Waals surface area contributed by atoms with Gasteiger partial charge in [0.25, 0.3) is 5.56 Å². The molecule has 0 aliphatic rings. The standard InChI is InChI=1S/C21H27N7O2/c1-13-7-8-28(25-12-17-11-24-27(4)15(17)3)21(30)18(13)9-20(29)23-10-16-5-6-19(22)26-14(16)2/h5-8,11,25H,9-10,12H2,1-4H3,(H2,22,26)(H,23,29). The summed E-state index contributed by atoms with van der Waals surface area (Å²) >= 11 is 0. The Hall–Kier alpha value is -3.62. The van der Waals surface area contributed by atoms with Crippen LogP contribution in [0.1, 0.15) is 33.6 Å². The van der Waals surface area contributed by atoms with Crippen LogP contribution in [0, 0.1) is 20.8 Å². The van der Waals surface area contributed by atoms with Crippen molar-refractivity contribution in [1.82, 2.24) is 24.8 Å². The van der Waals surface area contributed by atoms with Crippen LogP contribution in [0.4, 0.5) is 5.82 Å². The molecule has 0 spiro atoms. The Morgan fingerprint density at radius 3 is 2.57 bits per heavy atom. The van der Waals surface area contributed by atoms with Crippen molar-refractivity contribution >= 4 is 11.7 Å². The fourth-order valence-electron chi connectivity index (χ4n) is 3.11. The number of nitrogens with zero attached hydrogens (tertiary/aromatic N) is 4. The molecule has 0 atom stereocenters. The van der Waals surface area contributed by atoms with Crippen molar-refractivity contribution in [3.8, 4) is 0 Å². The molecule has 0 bridgehead atoms. The third-order valence-electron chi connectivity index (χ3n) is 5.23. The van der Waals surface area contributed by atoms with Gasteiger partial charge in [0, 0.05) is 42.3 Å². The van der Waals surface area contributed by atoms with E-state index in [2.05, 4.69) is 20.8 Å². The normalized spacial score (nSPS) is 10.8. The van der Waals surface area contributed by atoms with E-state index in [4.69, 9.17) is 5.73 Å². The number of nitrogens with one attached hydrogen (secondary N) is 2. The smallest absolute Gasteiger partial charge is 0.272 e. The van der Waals surface area contributed by atoms with Gasteiger partial charge in [0.15, 0.2) is 0 Å². The van der Waals surface area contributed by atoms with Crippen molar-refractivity contribution in [1.29, 1.82) is 0 Å². The number of rotatable bonds is 7. The first-order chi connectivity index (χ1) is 14.3. The second-order valence-electron chi connectivity index (χ2n) is 7.30. The van der Waals surface area contributed by atoms with Gasteiger partial charge >= 0.3 is 0 Å². The molecule has 0 fully saturated rings. The number of carbonyl (C=O) groups is 1. The molecule has 0 aromatic carbocycles. The Morgan fingerprint density at radius 1 is 1.13 bits per heavy atom. The summed E-state index contributed by atoms with van der Waals surface area (Å²) in [6, 6.07) is 5.36. The highest BCUT2D eigenvalue weighted by molar-refractivity contribution is 5.78. The van der Waals surface area contributed by atoms with Crippen molar-refractivity contribution in [3.05, 3.63) is 74.6 Å². The number of aryl methyl sites for hydroxylation is 3. The number of hydrogen-bond acceptors (Lipinski definition) is 6. The molecule has 0 aliphatic carbocycles. The van der Waals surface area contributed by atoms with E-state index in [0.29, 0.717) is 24.5 Å². The van der Waals surface area contributed by atoms with Crippen molar-refractivity contribution in [2.45, 2.75) is 40.3 Å². The Morgan fingerprint density at radius 2 is 1.90 bits per heavy atom. The molecule has 3 rings (SSSR count). The van der Waals surface area contributed by atoms with Gasteiger partial charge in [0.05, 0.1) is 19.2 Å². The summed E-state index contributed by atoms with van der Waals surface area (Å²) in [4.78, 5) is 29.5. The van der Waals surface area contributed by atoms with Gasteiger partial charge in [-0.25, -0.2) is 9.66 Å². The monoisotopic (exact) mass is 409 g/mol. The van der Waals surface area contributed by atoms with Crippen LogP contribution in [-0.2, 0) is 31.4 Å². The molecule has 3 aromatic heterocycles. The number of anilines is 1. The van der Waals surface area contributed by atoms with Gasteiger partial charge in [-0.05, 0) is 44.0 Å². The number of hydrogen-bond donors (Lipinski definition) is 3. The number of amides is 1. The third-order valence-corrected chi connectivity index (χ3v) is 5.23. The summed E-state index contributed by atoms with van der Waals surface area (Å²) in [6.45, 7) is 6.42. The predicted octanol–water partition coefficient (Wildman–Crippen LogP) is 1.09. The molecule has 9 nitrogen and oxygen atoms in total. The van der Waals surface area contributed by atoms with E-state index in [1.165, 1.54) is 4.68 Å². The van der Waals surface area contributed by atoms with Crippen LogP contribution in [0.3, 0.4) is 0 Å². The second kappa shape index (κ2) is 8.81. The van der Waals surface area contributed by atoms with Gasteiger partial charge in [-0.3, -0.25) is 14.3 Å². The molecule has 0 unspecified atom stereocenters. The van der Waals surface area contributed by atoms with E-state index in [-0.39, 0.29) is 17.9 Å². The molecule has 0 radical (unpaired) electrons. The Kier molecular flexibility index (Phi) is 6.20. The summed E-state index contributed by atoms with van der Waals surface area (Å²) in [5.74, 6) is 0.212. The number of aromatic nitrogens is 4. The lowest BCUT2D eigenvalue weighted by atomic mass is 10.1. The lowest BCUT2D eigenvalue weighted by molar-refractivity contribution is -0.120. The minimum Gasteiger partial charge on any atom is -0.384 e. The van der Waals surface area contributed by atoms with Gasteiger partial charge in [0.1, 0.15) is 5.82 Å². The average molecular weight is 409 g/mol. The van der Waals surface area contributed by atoms with E-state index >= 15 is 0 Å². The molecule has 3 aromatic rings. The zero-order valence-corrected chi connectivity index (χ0v) is 17.7. The minimum atomic E-state index is -0.239. The number of nitrogen functional groups attached to an aromatic ring is 1. The highest BCUT2D eigenvalue weighted by Gasteiger charge is 2.13. The molecule has 4 N–H and O–H groups in total. The molecule has 30 heavy (non-hydrogen) atoms. The first-order valence-corrected chi connectivity index (χ1v) is 9.67. The summed E-state index contributed by atoms with van der Waals surface area (Å²) in [6.07, 6.45) is 3.44. The summed E-state index contributed by atoms with van der Waals surface area (Å²) in [7, 11) is 1.87.